The first-order chi connectivity index (χ1) is 10.9. The third-order valence-corrected chi connectivity index (χ3v) is 3.81. The van der Waals surface area contributed by atoms with Crippen molar-refractivity contribution in [2.75, 3.05) is 6.61 Å². The zero-order chi connectivity index (χ0) is 16.9. The first-order valence-electron chi connectivity index (χ1n) is 6.53. The van der Waals surface area contributed by atoms with Crippen molar-refractivity contribution in [3.8, 4) is 5.75 Å². The first-order valence-corrected chi connectivity index (χ1v) is 8.08. The molecule has 0 aliphatic carbocycles. The average molecular weight is 334 g/mol. The summed E-state index contributed by atoms with van der Waals surface area (Å²) < 4.78 is 27.8. The molecule has 0 atom stereocenters. The summed E-state index contributed by atoms with van der Waals surface area (Å²) in [6, 6.07) is 12.7. The Balaban J connectivity index is 2.13. The van der Waals surface area contributed by atoms with Crippen molar-refractivity contribution in [3.05, 3.63) is 70.3 Å². The number of benzene rings is 2. The minimum absolute atomic E-state index is 0.0277. The number of hydrogen-bond donors (Lipinski definition) is 1. The Hall–Kier alpha value is -2.71. The molecule has 0 spiro atoms. The fraction of sp³-hybridized carbons (Fsp3) is 0.0667. The highest BCUT2D eigenvalue weighted by Crippen LogP contribution is 2.29. The number of rotatable bonds is 6. The van der Waals surface area contributed by atoms with E-state index in [1.165, 1.54) is 12.1 Å². The second-order valence-electron chi connectivity index (χ2n) is 4.56. The van der Waals surface area contributed by atoms with E-state index in [-0.39, 0.29) is 17.3 Å². The van der Waals surface area contributed by atoms with E-state index < -0.39 is 20.6 Å². The second-order valence-corrected chi connectivity index (χ2v) is 6.12. The summed E-state index contributed by atoms with van der Waals surface area (Å²) in [5.74, 6) is -0.0277. The van der Waals surface area contributed by atoms with Gasteiger partial charge in [-0.1, -0.05) is 36.4 Å². The molecule has 0 fully saturated rings. The Morgan fingerprint density at radius 3 is 2.48 bits per heavy atom. The molecular formula is C15H14N2O5S. The third-order valence-electron chi connectivity index (χ3n) is 2.90. The number of ether oxygens (including phenoxy) is 1. The Labute approximate surface area is 133 Å². The molecule has 0 bridgehead atoms. The number of primary sulfonamides is 1. The number of nitrogens with zero attached hydrogens (tertiary/aromatic N) is 1. The van der Waals surface area contributed by atoms with Crippen molar-refractivity contribution >= 4 is 21.8 Å². The molecular weight excluding hydrogens is 320 g/mol. The molecule has 0 saturated carbocycles. The molecule has 0 heterocycles. The quantitative estimate of drug-likeness (QED) is 0.643. The molecule has 8 heteroatoms. The topological polar surface area (TPSA) is 113 Å². The summed E-state index contributed by atoms with van der Waals surface area (Å²) in [7, 11) is -4.01. The molecule has 0 saturated heterocycles. The zero-order valence-electron chi connectivity index (χ0n) is 12.0. The van der Waals surface area contributed by atoms with Crippen molar-refractivity contribution in [3.63, 3.8) is 0 Å². The van der Waals surface area contributed by atoms with E-state index in [4.69, 9.17) is 9.88 Å². The lowest BCUT2D eigenvalue weighted by atomic mass is 10.2. The molecule has 0 unspecified atom stereocenters. The van der Waals surface area contributed by atoms with Crippen LogP contribution in [0.4, 0.5) is 5.69 Å². The van der Waals surface area contributed by atoms with Crippen molar-refractivity contribution in [2.45, 2.75) is 4.90 Å². The largest absolute Gasteiger partial charge is 0.483 e. The highest BCUT2D eigenvalue weighted by molar-refractivity contribution is 7.89. The number of sulfonamides is 1. The van der Waals surface area contributed by atoms with Gasteiger partial charge in [-0.3, -0.25) is 10.1 Å². The van der Waals surface area contributed by atoms with Gasteiger partial charge >= 0.3 is 5.69 Å². The second kappa shape index (κ2) is 7.03. The third kappa shape index (κ3) is 4.63. The fourth-order valence-electron chi connectivity index (χ4n) is 1.83. The average Bonchev–Trinajstić information content (AvgIpc) is 2.51. The number of hydrogen-bond acceptors (Lipinski definition) is 5. The smallest absolute Gasteiger partial charge is 0.312 e. The van der Waals surface area contributed by atoms with Crippen molar-refractivity contribution in [1.29, 1.82) is 0 Å². The highest BCUT2D eigenvalue weighted by Gasteiger charge is 2.19. The summed E-state index contributed by atoms with van der Waals surface area (Å²) in [6.07, 6.45) is 3.51. The molecule has 2 aromatic rings. The van der Waals surface area contributed by atoms with E-state index in [0.717, 1.165) is 11.6 Å². The maximum atomic E-state index is 11.2. The summed E-state index contributed by atoms with van der Waals surface area (Å²) in [4.78, 5) is 9.97. The van der Waals surface area contributed by atoms with E-state index in [2.05, 4.69) is 0 Å². The lowest BCUT2D eigenvalue weighted by Gasteiger charge is -2.05. The zero-order valence-corrected chi connectivity index (χ0v) is 12.8. The predicted octanol–water partition coefficient (Wildman–Crippen LogP) is 2.33. The van der Waals surface area contributed by atoms with Crippen LogP contribution in [0.15, 0.2) is 59.5 Å². The summed E-state index contributed by atoms with van der Waals surface area (Å²) in [5, 5.41) is 16.0. The van der Waals surface area contributed by atoms with Crippen LogP contribution in [0.2, 0.25) is 0 Å². The molecule has 0 radical (unpaired) electrons. The summed E-state index contributed by atoms with van der Waals surface area (Å²) in [5.41, 5.74) is 0.514. The van der Waals surface area contributed by atoms with Gasteiger partial charge in [-0.2, -0.15) is 0 Å². The molecule has 0 aliphatic rings. The molecule has 0 amide bonds. The van der Waals surface area contributed by atoms with E-state index in [1.54, 1.807) is 6.08 Å². The number of nitro benzene ring substituents is 1. The Morgan fingerprint density at radius 2 is 1.87 bits per heavy atom. The Morgan fingerprint density at radius 1 is 1.17 bits per heavy atom. The van der Waals surface area contributed by atoms with Gasteiger partial charge in [-0.15, -0.1) is 0 Å². The predicted molar refractivity (Wildman–Crippen MR) is 85.4 cm³/mol. The van der Waals surface area contributed by atoms with E-state index >= 15 is 0 Å². The molecule has 2 N–H and O–H groups in total. The van der Waals surface area contributed by atoms with Crippen LogP contribution >= 0.6 is 0 Å². The molecule has 2 rings (SSSR count). The molecule has 7 nitrogen and oxygen atoms in total. The standard InChI is InChI=1S/C15H14N2O5S/c16-23(20,21)13-8-9-15(14(11-13)17(18)19)22-10-4-7-12-5-2-1-3-6-12/h1-9,11H,10H2,(H2,16,20,21)/b7-4+. The number of nitrogens with two attached hydrogens (primary N) is 1. The lowest BCUT2D eigenvalue weighted by molar-refractivity contribution is -0.386. The Bertz CT molecular complexity index is 832. The lowest BCUT2D eigenvalue weighted by Crippen LogP contribution is -2.12. The van der Waals surface area contributed by atoms with Gasteiger partial charge in [0.1, 0.15) is 6.61 Å². The summed E-state index contributed by atoms with van der Waals surface area (Å²) >= 11 is 0. The van der Waals surface area contributed by atoms with Gasteiger partial charge in [0.15, 0.2) is 5.75 Å². The van der Waals surface area contributed by atoms with Crippen molar-refractivity contribution in [2.24, 2.45) is 5.14 Å². The molecule has 23 heavy (non-hydrogen) atoms. The molecule has 120 valence electrons. The van der Waals surface area contributed by atoms with Gasteiger partial charge in [0.2, 0.25) is 10.0 Å². The molecule has 0 aliphatic heterocycles. The normalized spacial score (nSPS) is 11.5. The summed E-state index contributed by atoms with van der Waals surface area (Å²) in [6.45, 7) is 0.102. The molecule has 0 aromatic heterocycles. The minimum atomic E-state index is -4.01. The van der Waals surface area contributed by atoms with Crippen LogP contribution < -0.4 is 9.88 Å². The Kier molecular flexibility index (Phi) is 5.09. The SMILES string of the molecule is NS(=O)(=O)c1ccc(OC/C=C/c2ccccc2)c([N+](=O)[O-])c1. The van der Waals surface area contributed by atoms with Gasteiger partial charge in [0.25, 0.3) is 0 Å². The monoisotopic (exact) mass is 334 g/mol. The van der Waals surface area contributed by atoms with Gasteiger partial charge in [-0.25, -0.2) is 13.6 Å². The van der Waals surface area contributed by atoms with Gasteiger partial charge in [0, 0.05) is 6.07 Å². The fourth-order valence-corrected chi connectivity index (χ4v) is 2.36. The van der Waals surface area contributed by atoms with Gasteiger partial charge in [-0.05, 0) is 23.8 Å². The maximum Gasteiger partial charge on any atom is 0.312 e. The van der Waals surface area contributed by atoms with Crippen LogP contribution in [0.3, 0.4) is 0 Å². The van der Waals surface area contributed by atoms with Gasteiger partial charge in [0.05, 0.1) is 9.82 Å². The highest BCUT2D eigenvalue weighted by atomic mass is 32.2. The van der Waals surface area contributed by atoms with E-state index in [9.17, 15) is 18.5 Å². The van der Waals surface area contributed by atoms with Crippen LogP contribution in [0, 0.1) is 10.1 Å². The van der Waals surface area contributed by atoms with Crippen LogP contribution in [0.25, 0.3) is 6.08 Å². The van der Waals surface area contributed by atoms with Crippen LogP contribution in [-0.2, 0) is 10.0 Å². The first kappa shape index (κ1) is 16.7. The van der Waals surface area contributed by atoms with Crippen LogP contribution in [-0.4, -0.2) is 19.9 Å². The minimum Gasteiger partial charge on any atom is -0.483 e. The van der Waals surface area contributed by atoms with E-state index in [1.807, 2.05) is 36.4 Å². The van der Waals surface area contributed by atoms with Crippen LogP contribution in [0.5, 0.6) is 5.75 Å². The maximum absolute atomic E-state index is 11.2. The van der Waals surface area contributed by atoms with Crippen molar-refractivity contribution in [1.82, 2.24) is 0 Å². The van der Waals surface area contributed by atoms with Crippen molar-refractivity contribution < 1.29 is 18.1 Å². The molecule has 2 aromatic carbocycles. The number of nitro groups is 1. The van der Waals surface area contributed by atoms with Gasteiger partial charge < -0.3 is 4.74 Å². The van der Waals surface area contributed by atoms with Crippen LogP contribution in [0.1, 0.15) is 5.56 Å². The van der Waals surface area contributed by atoms with E-state index in [0.29, 0.717) is 0 Å².